The number of carbonyl (C=O) groups excluding carboxylic acids is 1. The second kappa shape index (κ2) is 45.1. The Morgan fingerprint density at radius 3 is 1.38 bits per heavy atom. The highest BCUT2D eigenvalue weighted by atomic mass is 16.2. The Balaban J connectivity index is 0.000000141. The average molecular weight is 1940 g/mol. The molecule has 0 unspecified atom stereocenters. The number of carbonyl (C=O) groups is 1. The lowest BCUT2D eigenvalue weighted by Crippen LogP contribution is -2.14. The molecule has 0 bridgehead atoms. The number of pyridine rings is 9. The summed E-state index contributed by atoms with van der Waals surface area (Å²) in [5.74, 6) is -0.00130. The molecule has 20 heteroatoms. The molecule has 5 aliphatic carbocycles. The lowest BCUT2D eigenvalue weighted by molar-refractivity contribution is 0.0965. The van der Waals surface area contributed by atoms with Gasteiger partial charge in [-0.15, -0.1) is 10.2 Å². The van der Waals surface area contributed by atoms with Crippen LogP contribution in [0.1, 0.15) is 403 Å². The van der Waals surface area contributed by atoms with E-state index in [9.17, 15) is 4.79 Å². The van der Waals surface area contributed by atoms with Gasteiger partial charge >= 0.3 is 0 Å². The molecule has 0 atom stereocenters. The van der Waals surface area contributed by atoms with Crippen molar-refractivity contribution in [3.63, 3.8) is 0 Å². The highest BCUT2D eigenvalue weighted by molar-refractivity contribution is 5.98. The molecule has 144 heavy (non-hydrogen) atoms. The lowest BCUT2D eigenvalue weighted by Gasteiger charge is -2.20. The van der Waals surface area contributed by atoms with Crippen LogP contribution in [0.5, 0.6) is 0 Å². The third-order valence-electron chi connectivity index (χ3n) is 27.1. The van der Waals surface area contributed by atoms with Gasteiger partial charge in [0.05, 0.1) is 64.5 Å². The van der Waals surface area contributed by atoms with Crippen molar-refractivity contribution in [2.75, 3.05) is 0 Å². The van der Waals surface area contributed by atoms with Gasteiger partial charge in [0.15, 0.2) is 5.65 Å². The van der Waals surface area contributed by atoms with Gasteiger partial charge in [0, 0.05) is 117 Å². The molecular formula is C124H163N19O. The summed E-state index contributed by atoms with van der Waals surface area (Å²) in [7, 11) is 0. The monoisotopic (exact) mass is 1930 g/mol. The Kier molecular flexibility index (Phi) is 34.5. The number of nitrogens with one attached hydrogen (secondary N) is 2. The van der Waals surface area contributed by atoms with Gasteiger partial charge in [0.2, 0.25) is 0 Å². The Bertz CT molecular complexity index is 6250. The van der Waals surface area contributed by atoms with Crippen LogP contribution in [0.3, 0.4) is 0 Å². The lowest BCUT2D eigenvalue weighted by atomic mass is 9.85. The number of benzene rings is 1. The molecule has 12 aromatic heterocycles. The van der Waals surface area contributed by atoms with Crippen LogP contribution < -0.4 is 10.6 Å². The number of allylic oxidation sites excluding steroid dienone is 3. The Hall–Kier alpha value is -12.4. The van der Waals surface area contributed by atoms with Crippen LogP contribution in [0.25, 0.3) is 29.4 Å². The maximum absolute atomic E-state index is 11.4. The summed E-state index contributed by atoms with van der Waals surface area (Å²) in [5, 5.41) is 34.2. The van der Waals surface area contributed by atoms with Crippen molar-refractivity contribution in [2.24, 2.45) is 15.2 Å². The fraction of sp³-hybridized carbons (Fsp3) is 0.468. The molecule has 20 nitrogen and oxygen atoms in total. The minimum absolute atomic E-state index is 0.00130. The zero-order chi connectivity index (χ0) is 105. The second-order valence-electron chi connectivity index (χ2n) is 50.5. The molecule has 13 aromatic rings. The number of fused-ring (bicyclic) bond motifs is 11. The number of azo groups is 1. The molecule has 0 radical (unpaired) electrons. The maximum Gasteiger partial charge on any atom is 0.253 e. The molecule has 16 heterocycles. The highest BCUT2D eigenvalue weighted by Crippen LogP contribution is 2.38. The molecule has 2 N–H and O–H groups in total. The SMILES string of the molecule is CC(C)(C)c1ccc2c(c1)C=CC2.CC(C)(C)c1ccc2ccnn2c1.CC(C)(C)c1ccc2nncn2c1.CC(C)(C)c1cnc2c(c1)C(=O)NC2.CC(C)(C)c1cnc2c(c1)C=CC2.CC(C)(C)c1cnc2c(c1)C=NC2.CC(C)(C)c1cnc2c(c1)CCC2.CC(C)(C)c1cnc2c(c1)CCC2.CC(C)(C)c1cnc2c(c1)CNC2.CC(C)(C)c1cnc2c(c1)N=NC2.CC(C)(C)c1cnnc2c1C=CC2. The number of nitrogens with zero attached hydrogens (tertiary/aromatic N) is 17. The van der Waals surface area contributed by atoms with Crippen LogP contribution in [0.2, 0.25) is 0 Å². The maximum atomic E-state index is 11.4. The van der Waals surface area contributed by atoms with E-state index in [-0.39, 0.29) is 65.5 Å². The predicted molar refractivity (Wildman–Crippen MR) is 596 cm³/mol. The van der Waals surface area contributed by atoms with E-state index in [2.05, 4.69) is 436 Å². The van der Waals surface area contributed by atoms with Crippen molar-refractivity contribution in [2.45, 2.75) is 379 Å². The summed E-state index contributed by atoms with van der Waals surface area (Å²) < 4.78 is 3.86. The topological polar surface area (TPSA) is 242 Å². The molecule has 0 saturated heterocycles. The van der Waals surface area contributed by atoms with Crippen molar-refractivity contribution in [3.05, 3.63) is 341 Å². The fourth-order valence-electron chi connectivity index (χ4n) is 17.0. The van der Waals surface area contributed by atoms with Gasteiger partial charge in [-0.2, -0.15) is 25.5 Å². The zero-order valence-corrected chi connectivity index (χ0v) is 93.0. The first kappa shape index (κ1) is 110. The third-order valence-corrected chi connectivity index (χ3v) is 27.1. The van der Waals surface area contributed by atoms with Gasteiger partial charge < -0.3 is 10.6 Å². The number of aromatic nitrogens is 14. The van der Waals surface area contributed by atoms with Crippen LogP contribution in [-0.2, 0) is 137 Å². The average Bonchev–Trinajstić information content (AvgIpc) is 1.63. The van der Waals surface area contributed by atoms with Crippen molar-refractivity contribution in [1.82, 2.24) is 79.9 Å². The Labute approximate surface area is 860 Å². The third kappa shape index (κ3) is 30.1. The molecule has 9 aliphatic rings. The summed E-state index contributed by atoms with van der Waals surface area (Å²) in [5.41, 5.74) is 40.2. The molecule has 22 rings (SSSR count). The molecule has 0 spiro atoms. The molecular weight excluding hydrogens is 1770 g/mol. The highest BCUT2D eigenvalue weighted by Gasteiger charge is 2.29. The molecule has 4 aliphatic heterocycles. The van der Waals surface area contributed by atoms with Gasteiger partial charge in [0.25, 0.3) is 5.91 Å². The van der Waals surface area contributed by atoms with E-state index in [0.29, 0.717) is 13.1 Å². The van der Waals surface area contributed by atoms with Crippen LogP contribution in [0.15, 0.2) is 199 Å². The normalized spacial score (nSPS) is 14.6. The zero-order valence-electron chi connectivity index (χ0n) is 93.0. The van der Waals surface area contributed by atoms with Crippen LogP contribution in [0.4, 0.5) is 5.69 Å². The number of aryl methyl sites for hydroxylation is 4. The minimum atomic E-state index is -0.00130. The van der Waals surface area contributed by atoms with Crippen molar-refractivity contribution in [1.29, 1.82) is 0 Å². The van der Waals surface area contributed by atoms with Crippen LogP contribution in [0, 0.1) is 0 Å². The largest absolute Gasteiger partial charge is 0.346 e. The number of hydrogen-bond donors (Lipinski definition) is 2. The molecule has 0 fully saturated rings. The Morgan fingerprint density at radius 1 is 0.333 bits per heavy atom. The molecule has 760 valence electrons. The quantitative estimate of drug-likeness (QED) is 0.144. The fourth-order valence-corrected chi connectivity index (χ4v) is 17.0. The number of amides is 1. The summed E-state index contributed by atoms with van der Waals surface area (Å²) in [6.45, 7) is 76.7. The van der Waals surface area contributed by atoms with Gasteiger partial charge in [-0.25, -0.2) is 4.52 Å². The van der Waals surface area contributed by atoms with E-state index in [0.717, 1.165) is 89.7 Å². The van der Waals surface area contributed by atoms with Crippen molar-refractivity contribution < 1.29 is 4.79 Å². The van der Waals surface area contributed by atoms with E-state index in [4.69, 9.17) is 0 Å². The first-order chi connectivity index (χ1) is 67.2. The second-order valence-corrected chi connectivity index (χ2v) is 50.5. The summed E-state index contributed by atoms with van der Waals surface area (Å²) in [6.07, 6.45) is 48.9. The number of aliphatic imine (C=N–C) groups is 1. The minimum Gasteiger partial charge on any atom is -0.346 e. The van der Waals surface area contributed by atoms with Gasteiger partial charge in [-0.1, -0.05) is 313 Å². The Morgan fingerprint density at radius 2 is 0.799 bits per heavy atom. The number of rotatable bonds is 0. The predicted octanol–water partition coefficient (Wildman–Crippen LogP) is 28.1. The van der Waals surface area contributed by atoms with Crippen LogP contribution >= 0.6 is 0 Å². The van der Waals surface area contributed by atoms with Crippen LogP contribution in [-0.4, -0.2) is 81.4 Å². The summed E-state index contributed by atoms with van der Waals surface area (Å²) in [4.78, 5) is 46.6. The molecule has 1 amide bonds. The van der Waals surface area contributed by atoms with Gasteiger partial charge in [-0.05, 0) is 242 Å². The van der Waals surface area contributed by atoms with Crippen molar-refractivity contribution >= 4 is 47.2 Å². The van der Waals surface area contributed by atoms with E-state index < -0.39 is 0 Å². The first-order valence-electron chi connectivity index (χ1n) is 51.7. The van der Waals surface area contributed by atoms with E-state index in [1.807, 2.05) is 89.1 Å². The molecule has 1 aromatic carbocycles. The van der Waals surface area contributed by atoms with E-state index in [1.54, 1.807) is 6.33 Å². The summed E-state index contributed by atoms with van der Waals surface area (Å²) >= 11 is 0. The smallest absolute Gasteiger partial charge is 0.253 e. The molecule has 0 saturated carbocycles. The van der Waals surface area contributed by atoms with E-state index >= 15 is 0 Å². The van der Waals surface area contributed by atoms with Gasteiger partial charge in [-0.3, -0.25) is 49.1 Å². The van der Waals surface area contributed by atoms with Crippen molar-refractivity contribution in [3.8, 4) is 0 Å². The van der Waals surface area contributed by atoms with Gasteiger partial charge in [0.1, 0.15) is 18.6 Å². The first-order valence-corrected chi connectivity index (χ1v) is 51.7. The standard InChI is InChI=1S/C13H16.2C12H17N.C12H15N.C11H14N2O.C11H16N2.3C11H14N2.2C10H13N3/c1-13(2,3)12-8-7-10-5-4-6-11(10)9-12;3*1-12(2,3)10-7-9-5-4-6-11(9)13-8-10;1-11(2,3)7-4-8-9(12-5-7)6-13-10(8)14;2*1-11(2,3)9-4-8-5-12-7-10(8)13-6-9;1-11(2,3)9-4-5-10-6-7-12-13(10)8-9;1-11(2,3)9-7-12-13-10-6-4-5-8(9)10;1-10(2,3)7-4-8-9(11-5-7)6-12-13-8;1-10(2,3)8-4-5-9-12-11-7-13(9)6-8/h4,6-9H,5H2,1-3H3;2*7-8H,4-6H2,1-3H3;4-5,7-8H,6H2,1-3H3;4-5H,6H2,1-3H3,(H,13,14);4,6,12H,5,7H2,1-3H3;4-6H,7H2,1-3H3;4-8H,1-3H3;4-5,7H,6H2,1-3H3;4-5H,6H2,1-3H3;4-7H,1-3H3. The number of hydrogen-bond acceptors (Lipinski definition) is 17. The van der Waals surface area contributed by atoms with E-state index in [1.165, 1.54) is 161 Å². The summed E-state index contributed by atoms with van der Waals surface area (Å²) in [6, 6.07) is 32.6.